The zero-order chi connectivity index (χ0) is 14.2. The molecular weight excluding hydrogens is 268 g/mol. The van der Waals surface area contributed by atoms with Crippen molar-refractivity contribution in [3.8, 4) is 0 Å². The average Bonchev–Trinajstić information content (AvgIpc) is 2.96. The van der Waals surface area contributed by atoms with Gasteiger partial charge in [0.1, 0.15) is 0 Å². The normalized spacial score (nSPS) is 10.4. The summed E-state index contributed by atoms with van der Waals surface area (Å²) in [5.74, 6) is -0.00921. The van der Waals surface area contributed by atoms with Gasteiger partial charge >= 0.3 is 0 Å². The van der Waals surface area contributed by atoms with Gasteiger partial charge in [-0.2, -0.15) is 0 Å². The second-order valence-corrected chi connectivity index (χ2v) is 5.73. The van der Waals surface area contributed by atoms with Crippen LogP contribution in [0.15, 0.2) is 41.8 Å². The Morgan fingerprint density at radius 1 is 1.10 bits per heavy atom. The van der Waals surface area contributed by atoms with Gasteiger partial charge in [-0.1, -0.05) is 23.8 Å². The largest absolute Gasteiger partial charge is 0.351 e. The predicted molar refractivity (Wildman–Crippen MR) is 84.4 cm³/mol. The molecule has 1 heterocycles. The molecule has 1 aromatic carbocycles. The summed E-state index contributed by atoms with van der Waals surface area (Å²) >= 11 is 1.78. The molecule has 2 rings (SSSR count). The van der Waals surface area contributed by atoms with Crippen LogP contribution in [0.4, 0.5) is 0 Å². The highest BCUT2D eigenvalue weighted by Crippen LogP contribution is 2.07. The van der Waals surface area contributed by atoms with E-state index in [9.17, 15) is 4.79 Å². The van der Waals surface area contributed by atoms with Crippen molar-refractivity contribution in [2.45, 2.75) is 13.3 Å². The lowest BCUT2D eigenvalue weighted by atomic mass is 10.1. The standard InChI is InChI=1S/C16H20N2OS/c1-13-4-6-14(7-5-13)16(19)18-11-10-17-9-8-15-3-2-12-20-15/h2-7,12,17H,8-11H2,1H3,(H,18,19). The molecule has 4 heteroatoms. The predicted octanol–water partition coefficient (Wildman–Crippen LogP) is 2.62. The van der Waals surface area contributed by atoms with E-state index in [-0.39, 0.29) is 5.91 Å². The van der Waals surface area contributed by atoms with Crippen molar-refractivity contribution in [1.29, 1.82) is 0 Å². The number of hydrogen-bond donors (Lipinski definition) is 2. The van der Waals surface area contributed by atoms with Crippen molar-refractivity contribution in [2.75, 3.05) is 19.6 Å². The minimum absolute atomic E-state index is 0.00921. The Morgan fingerprint density at radius 2 is 1.90 bits per heavy atom. The molecule has 0 bridgehead atoms. The third kappa shape index (κ3) is 4.79. The molecule has 3 nitrogen and oxygen atoms in total. The first kappa shape index (κ1) is 14.8. The van der Waals surface area contributed by atoms with E-state index in [2.05, 4.69) is 28.1 Å². The smallest absolute Gasteiger partial charge is 0.251 e. The quantitative estimate of drug-likeness (QED) is 0.769. The number of rotatable bonds is 7. The third-order valence-electron chi connectivity index (χ3n) is 3.03. The lowest BCUT2D eigenvalue weighted by Gasteiger charge is -2.06. The average molecular weight is 288 g/mol. The van der Waals surface area contributed by atoms with Crippen LogP contribution in [-0.2, 0) is 6.42 Å². The van der Waals surface area contributed by atoms with Crippen LogP contribution in [-0.4, -0.2) is 25.5 Å². The summed E-state index contributed by atoms with van der Waals surface area (Å²) in [6, 6.07) is 11.8. The second kappa shape index (κ2) is 7.82. The van der Waals surface area contributed by atoms with E-state index in [0.717, 1.165) is 25.1 Å². The van der Waals surface area contributed by atoms with Gasteiger partial charge in [0, 0.05) is 30.1 Å². The molecule has 0 aliphatic rings. The molecule has 0 spiro atoms. The number of hydrogen-bond acceptors (Lipinski definition) is 3. The highest BCUT2D eigenvalue weighted by Gasteiger charge is 2.03. The molecule has 106 valence electrons. The number of carbonyl (C=O) groups excluding carboxylic acids is 1. The topological polar surface area (TPSA) is 41.1 Å². The van der Waals surface area contributed by atoms with E-state index >= 15 is 0 Å². The Labute approximate surface area is 124 Å². The summed E-state index contributed by atoms with van der Waals surface area (Å²) in [4.78, 5) is 13.2. The fraction of sp³-hybridized carbons (Fsp3) is 0.312. The molecule has 0 aliphatic carbocycles. The molecule has 0 aliphatic heterocycles. The van der Waals surface area contributed by atoms with Crippen molar-refractivity contribution in [3.05, 3.63) is 57.8 Å². The van der Waals surface area contributed by atoms with Crippen LogP contribution in [0.2, 0.25) is 0 Å². The molecule has 0 fully saturated rings. The van der Waals surface area contributed by atoms with E-state index in [0.29, 0.717) is 12.1 Å². The number of thiophene rings is 1. The molecule has 1 aromatic heterocycles. The molecule has 0 unspecified atom stereocenters. The second-order valence-electron chi connectivity index (χ2n) is 4.70. The fourth-order valence-electron chi connectivity index (χ4n) is 1.86. The zero-order valence-electron chi connectivity index (χ0n) is 11.7. The zero-order valence-corrected chi connectivity index (χ0v) is 12.5. The number of amides is 1. The Balaban J connectivity index is 1.58. The van der Waals surface area contributed by atoms with Crippen molar-refractivity contribution in [1.82, 2.24) is 10.6 Å². The molecule has 20 heavy (non-hydrogen) atoms. The molecule has 1 amide bonds. The van der Waals surface area contributed by atoms with Crippen LogP contribution >= 0.6 is 11.3 Å². The maximum Gasteiger partial charge on any atom is 0.251 e. The minimum Gasteiger partial charge on any atom is -0.351 e. The Bertz CT molecular complexity index is 520. The van der Waals surface area contributed by atoms with E-state index in [1.807, 2.05) is 31.2 Å². The SMILES string of the molecule is Cc1ccc(C(=O)NCCNCCc2cccs2)cc1. The maximum absolute atomic E-state index is 11.8. The van der Waals surface area contributed by atoms with Crippen LogP contribution in [0.25, 0.3) is 0 Å². The first-order chi connectivity index (χ1) is 9.75. The van der Waals surface area contributed by atoms with E-state index in [1.54, 1.807) is 11.3 Å². The van der Waals surface area contributed by atoms with Crippen LogP contribution < -0.4 is 10.6 Å². The number of aryl methyl sites for hydroxylation is 1. The van der Waals surface area contributed by atoms with E-state index in [4.69, 9.17) is 0 Å². The fourth-order valence-corrected chi connectivity index (χ4v) is 2.57. The first-order valence-electron chi connectivity index (χ1n) is 6.83. The van der Waals surface area contributed by atoms with Gasteiger partial charge in [-0.25, -0.2) is 0 Å². The lowest BCUT2D eigenvalue weighted by molar-refractivity contribution is 0.0954. The van der Waals surface area contributed by atoms with Gasteiger partial charge in [0.15, 0.2) is 0 Å². The summed E-state index contributed by atoms with van der Waals surface area (Å²) in [6.07, 6.45) is 1.05. The van der Waals surface area contributed by atoms with Gasteiger partial charge in [-0.05, 0) is 36.9 Å². The van der Waals surface area contributed by atoms with Crippen molar-refractivity contribution < 1.29 is 4.79 Å². The highest BCUT2D eigenvalue weighted by molar-refractivity contribution is 7.09. The number of benzene rings is 1. The molecule has 0 atom stereocenters. The molecule has 2 N–H and O–H groups in total. The van der Waals surface area contributed by atoms with Crippen LogP contribution in [0.1, 0.15) is 20.8 Å². The van der Waals surface area contributed by atoms with Gasteiger partial charge in [0.2, 0.25) is 0 Å². The number of nitrogens with one attached hydrogen (secondary N) is 2. The highest BCUT2D eigenvalue weighted by atomic mass is 32.1. The maximum atomic E-state index is 11.8. The summed E-state index contributed by atoms with van der Waals surface area (Å²) in [7, 11) is 0. The number of carbonyl (C=O) groups is 1. The van der Waals surface area contributed by atoms with Gasteiger partial charge in [0.25, 0.3) is 5.91 Å². The summed E-state index contributed by atoms with van der Waals surface area (Å²) in [5.41, 5.74) is 1.88. The monoisotopic (exact) mass is 288 g/mol. The summed E-state index contributed by atoms with van der Waals surface area (Å²) in [5, 5.41) is 8.34. The van der Waals surface area contributed by atoms with Crippen LogP contribution in [0, 0.1) is 6.92 Å². The van der Waals surface area contributed by atoms with Gasteiger partial charge in [-0.15, -0.1) is 11.3 Å². The van der Waals surface area contributed by atoms with Gasteiger partial charge in [-0.3, -0.25) is 4.79 Å². The molecule has 0 radical (unpaired) electrons. The van der Waals surface area contributed by atoms with Crippen LogP contribution in [0.3, 0.4) is 0 Å². The molecule has 2 aromatic rings. The van der Waals surface area contributed by atoms with Crippen molar-refractivity contribution >= 4 is 17.2 Å². The molecular formula is C16H20N2OS. The minimum atomic E-state index is -0.00921. The Hall–Kier alpha value is -1.65. The molecule has 0 saturated carbocycles. The first-order valence-corrected chi connectivity index (χ1v) is 7.71. The lowest BCUT2D eigenvalue weighted by Crippen LogP contribution is -2.32. The van der Waals surface area contributed by atoms with Crippen molar-refractivity contribution in [3.63, 3.8) is 0 Å². The van der Waals surface area contributed by atoms with Gasteiger partial charge in [0.05, 0.1) is 0 Å². The van der Waals surface area contributed by atoms with Crippen molar-refractivity contribution in [2.24, 2.45) is 0 Å². The van der Waals surface area contributed by atoms with E-state index in [1.165, 1.54) is 4.88 Å². The van der Waals surface area contributed by atoms with Gasteiger partial charge < -0.3 is 10.6 Å². The van der Waals surface area contributed by atoms with E-state index < -0.39 is 0 Å². The Morgan fingerprint density at radius 3 is 2.60 bits per heavy atom. The third-order valence-corrected chi connectivity index (χ3v) is 3.97. The Kier molecular flexibility index (Phi) is 5.77. The summed E-state index contributed by atoms with van der Waals surface area (Å²) in [6.45, 7) is 4.40. The summed E-state index contributed by atoms with van der Waals surface area (Å²) < 4.78 is 0. The molecule has 0 saturated heterocycles. The van der Waals surface area contributed by atoms with Crippen LogP contribution in [0.5, 0.6) is 0 Å².